The van der Waals surface area contributed by atoms with Gasteiger partial charge in [0.05, 0.1) is 10.1 Å². The first-order valence-corrected chi connectivity index (χ1v) is 12.0. The van der Waals surface area contributed by atoms with E-state index in [1.807, 2.05) is 4.90 Å². The van der Waals surface area contributed by atoms with Crippen molar-refractivity contribution in [1.29, 1.82) is 5.41 Å². The molecule has 2 aromatic heterocycles. The number of sulfone groups is 1. The molecule has 30 heavy (non-hydrogen) atoms. The van der Waals surface area contributed by atoms with Crippen molar-refractivity contribution in [3.63, 3.8) is 0 Å². The first-order chi connectivity index (χ1) is 14.4. The van der Waals surface area contributed by atoms with E-state index in [1.54, 1.807) is 24.4 Å². The average Bonchev–Trinajstić information content (AvgIpc) is 2.78. The van der Waals surface area contributed by atoms with Gasteiger partial charge in [0.15, 0.2) is 9.84 Å². The standard InChI is InChI=1S/C21H27N5O3S/c1-23-21(27)26-11-9-16(13-19(26)22)25-10-5-6-15-12-18(14-24-20(15)25)30(28,29)17-7-3-2-4-8-17/h9,11-14,17,22H,2-8,10H2,1H3,(H,23,27). The lowest BCUT2D eigenvalue weighted by Crippen LogP contribution is -2.34. The van der Waals surface area contributed by atoms with Gasteiger partial charge in [0.2, 0.25) is 0 Å². The smallest absolute Gasteiger partial charge is 0.326 e. The minimum atomic E-state index is -3.36. The van der Waals surface area contributed by atoms with Crippen molar-refractivity contribution < 1.29 is 13.2 Å². The van der Waals surface area contributed by atoms with Crippen LogP contribution in [0, 0.1) is 5.41 Å². The van der Waals surface area contributed by atoms with Crippen molar-refractivity contribution >= 4 is 27.4 Å². The van der Waals surface area contributed by atoms with Crippen LogP contribution in [0.15, 0.2) is 35.5 Å². The second-order valence-electron chi connectivity index (χ2n) is 7.91. The fraction of sp³-hybridized carbons (Fsp3) is 0.476. The van der Waals surface area contributed by atoms with E-state index in [0.29, 0.717) is 4.90 Å². The highest BCUT2D eigenvalue weighted by Gasteiger charge is 2.31. The molecule has 1 aliphatic heterocycles. The summed E-state index contributed by atoms with van der Waals surface area (Å²) in [7, 11) is -1.84. The van der Waals surface area contributed by atoms with Crippen molar-refractivity contribution in [3.8, 4) is 0 Å². The first-order valence-electron chi connectivity index (χ1n) is 10.4. The maximum Gasteiger partial charge on any atom is 0.326 e. The Kier molecular flexibility index (Phi) is 5.64. The van der Waals surface area contributed by atoms with Gasteiger partial charge in [-0.3, -0.25) is 9.98 Å². The maximum atomic E-state index is 13.1. The van der Waals surface area contributed by atoms with Gasteiger partial charge >= 0.3 is 6.03 Å². The third-order valence-corrected chi connectivity index (χ3v) is 8.23. The first kappa shape index (κ1) is 20.6. The summed E-state index contributed by atoms with van der Waals surface area (Å²) in [6.45, 7) is 0.720. The molecule has 1 fully saturated rings. The number of hydrogen-bond acceptors (Lipinski definition) is 6. The molecule has 2 N–H and O–H groups in total. The van der Waals surface area contributed by atoms with Crippen molar-refractivity contribution in [2.75, 3.05) is 18.5 Å². The van der Waals surface area contributed by atoms with Crippen molar-refractivity contribution in [3.05, 3.63) is 41.6 Å². The maximum absolute atomic E-state index is 13.1. The fourth-order valence-electron chi connectivity index (χ4n) is 4.37. The zero-order valence-electron chi connectivity index (χ0n) is 17.1. The summed E-state index contributed by atoms with van der Waals surface area (Å²) in [4.78, 5) is 18.7. The third kappa shape index (κ3) is 3.74. The molecule has 0 saturated heterocycles. The number of pyridine rings is 2. The molecule has 0 atom stereocenters. The summed E-state index contributed by atoms with van der Waals surface area (Å²) in [6, 6.07) is 4.81. The highest BCUT2D eigenvalue weighted by molar-refractivity contribution is 7.92. The van der Waals surface area contributed by atoms with Crippen LogP contribution in [-0.2, 0) is 16.3 Å². The molecule has 0 bridgehead atoms. The number of nitrogens with one attached hydrogen (secondary N) is 2. The Morgan fingerprint density at radius 1 is 1.20 bits per heavy atom. The predicted octanol–water partition coefficient (Wildman–Crippen LogP) is 2.74. The summed E-state index contributed by atoms with van der Waals surface area (Å²) < 4.78 is 27.4. The second-order valence-corrected chi connectivity index (χ2v) is 10.1. The summed E-state index contributed by atoms with van der Waals surface area (Å²) >= 11 is 0. The molecule has 9 heteroatoms. The molecule has 2 aromatic rings. The minimum absolute atomic E-state index is 0.0652. The van der Waals surface area contributed by atoms with Crippen LogP contribution < -0.4 is 15.7 Å². The van der Waals surface area contributed by atoms with Gasteiger partial charge in [-0.25, -0.2) is 18.2 Å². The van der Waals surface area contributed by atoms with Crippen molar-refractivity contribution in [2.24, 2.45) is 0 Å². The number of nitrogens with zero attached hydrogens (tertiary/aromatic N) is 3. The van der Waals surface area contributed by atoms with Crippen LogP contribution in [0.3, 0.4) is 0 Å². The lowest BCUT2D eigenvalue weighted by molar-refractivity contribution is 0.243. The molecule has 0 radical (unpaired) electrons. The number of rotatable bonds is 3. The van der Waals surface area contributed by atoms with Gasteiger partial charge in [-0.15, -0.1) is 0 Å². The summed E-state index contributed by atoms with van der Waals surface area (Å²) in [5, 5.41) is 10.4. The Labute approximate surface area is 176 Å². The van der Waals surface area contributed by atoms with Gasteiger partial charge < -0.3 is 10.2 Å². The van der Waals surface area contributed by atoms with E-state index in [1.165, 1.54) is 17.8 Å². The van der Waals surface area contributed by atoms with Crippen LogP contribution in [0.2, 0.25) is 0 Å². The Morgan fingerprint density at radius 2 is 1.97 bits per heavy atom. The summed E-state index contributed by atoms with van der Waals surface area (Å²) in [6.07, 6.45) is 9.18. The van der Waals surface area contributed by atoms with E-state index < -0.39 is 9.84 Å². The van der Waals surface area contributed by atoms with Crippen LogP contribution in [0.25, 0.3) is 0 Å². The monoisotopic (exact) mass is 429 g/mol. The largest absolute Gasteiger partial charge is 0.340 e. The van der Waals surface area contributed by atoms with Gasteiger partial charge in [-0.2, -0.15) is 0 Å². The highest BCUT2D eigenvalue weighted by Crippen LogP contribution is 2.34. The Bertz CT molecular complexity index is 1120. The molecule has 4 rings (SSSR count). The van der Waals surface area contributed by atoms with E-state index in [0.717, 1.165) is 68.6 Å². The molecular weight excluding hydrogens is 402 g/mol. The number of carbonyl (C=O) groups is 1. The van der Waals surface area contributed by atoms with Crippen LogP contribution >= 0.6 is 0 Å². The molecule has 160 valence electrons. The van der Waals surface area contributed by atoms with E-state index in [2.05, 4.69) is 10.3 Å². The van der Waals surface area contributed by atoms with E-state index in [-0.39, 0.29) is 16.8 Å². The molecule has 1 amide bonds. The SMILES string of the molecule is CNC(=O)n1ccc(N2CCCc3cc(S(=O)(=O)C4CCCCC4)cnc32)cc1=N. The average molecular weight is 430 g/mol. The van der Waals surface area contributed by atoms with Gasteiger partial charge in [-0.1, -0.05) is 19.3 Å². The Balaban J connectivity index is 1.66. The zero-order valence-corrected chi connectivity index (χ0v) is 17.9. The van der Waals surface area contributed by atoms with E-state index >= 15 is 0 Å². The molecule has 3 heterocycles. The predicted molar refractivity (Wildman–Crippen MR) is 114 cm³/mol. The van der Waals surface area contributed by atoms with Gasteiger partial charge in [-0.05, 0) is 43.4 Å². The molecule has 1 aliphatic carbocycles. The van der Waals surface area contributed by atoms with Crippen LogP contribution in [0.4, 0.5) is 16.3 Å². The van der Waals surface area contributed by atoms with Crippen LogP contribution in [0.5, 0.6) is 0 Å². The number of fused-ring (bicyclic) bond motifs is 1. The third-order valence-electron chi connectivity index (χ3n) is 6.00. The molecule has 0 spiro atoms. The van der Waals surface area contributed by atoms with Crippen molar-refractivity contribution in [2.45, 2.75) is 55.1 Å². The normalized spacial score (nSPS) is 17.4. The number of hydrogen-bond donors (Lipinski definition) is 2. The number of aryl methyl sites for hydroxylation is 1. The quantitative estimate of drug-likeness (QED) is 0.780. The van der Waals surface area contributed by atoms with Gasteiger partial charge in [0, 0.05) is 37.7 Å². The van der Waals surface area contributed by atoms with Gasteiger partial charge in [0.1, 0.15) is 11.3 Å². The molecule has 0 aromatic carbocycles. The highest BCUT2D eigenvalue weighted by atomic mass is 32.2. The lowest BCUT2D eigenvalue weighted by Gasteiger charge is -2.31. The Morgan fingerprint density at radius 3 is 2.67 bits per heavy atom. The number of amides is 1. The lowest BCUT2D eigenvalue weighted by atomic mass is 10.0. The Hall–Kier alpha value is -2.68. The number of anilines is 2. The topological polar surface area (TPSA) is 108 Å². The molecule has 0 unspecified atom stereocenters. The van der Waals surface area contributed by atoms with E-state index in [4.69, 9.17) is 5.41 Å². The van der Waals surface area contributed by atoms with Crippen LogP contribution in [0.1, 0.15) is 44.1 Å². The van der Waals surface area contributed by atoms with Gasteiger partial charge in [0.25, 0.3) is 0 Å². The molecule has 1 saturated carbocycles. The zero-order chi connectivity index (χ0) is 21.3. The molecule has 2 aliphatic rings. The number of aromatic nitrogens is 2. The molecular formula is C21H27N5O3S. The van der Waals surface area contributed by atoms with Crippen LogP contribution in [-0.4, -0.2) is 42.8 Å². The summed E-state index contributed by atoms with van der Waals surface area (Å²) in [5.74, 6) is 0.723. The van der Waals surface area contributed by atoms with E-state index in [9.17, 15) is 13.2 Å². The fourth-order valence-corrected chi connectivity index (χ4v) is 6.22. The molecule has 8 nitrogen and oxygen atoms in total. The second kappa shape index (κ2) is 8.22. The summed E-state index contributed by atoms with van der Waals surface area (Å²) in [5.41, 5.74) is 1.74. The minimum Gasteiger partial charge on any atom is -0.340 e. The van der Waals surface area contributed by atoms with Crippen molar-refractivity contribution in [1.82, 2.24) is 14.9 Å². The number of carbonyl (C=O) groups excluding carboxylic acids is 1.